The maximum absolute atomic E-state index is 11.9. The molecule has 1 heterocycles. The lowest BCUT2D eigenvalue weighted by molar-refractivity contribution is -0.124. The molecule has 0 saturated carbocycles. The summed E-state index contributed by atoms with van der Waals surface area (Å²) in [5.74, 6) is -1.17. The van der Waals surface area contributed by atoms with E-state index in [9.17, 15) is 18.0 Å². The molecule has 126 valence electrons. The average Bonchev–Trinajstić information content (AvgIpc) is 2.86. The maximum Gasteiger partial charge on any atom is 0.251 e. The van der Waals surface area contributed by atoms with E-state index in [1.807, 2.05) is 0 Å². The molecule has 9 heteroatoms. The molecule has 1 saturated heterocycles. The van der Waals surface area contributed by atoms with Crippen LogP contribution in [-0.2, 0) is 14.6 Å². The maximum atomic E-state index is 11.9. The average molecular weight is 379 g/mol. The van der Waals surface area contributed by atoms with E-state index in [1.54, 1.807) is 6.07 Å². The molecule has 1 aliphatic rings. The van der Waals surface area contributed by atoms with E-state index in [2.05, 4.69) is 10.6 Å². The van der Waals surface area contributed by atoms with Crippen molar-refractivity contribution in [1.29, 1.82) is 0 Å². The Morgan fingerprint density at radius 2 is 1.83 bits per heavy atom. The van der Waals surface area contributed by atoms with Gasteiger partial charge in [-0.3, -0.25) is 9.59 Å². The quantitative estimate of drug-likeness (QED) is 0.754. The molecule has 1 aromatic rings. The van der Waals surface area contributed by atoms with Crippen molar-refractivity contribution in [3.8, 4) is 0 Å². The molecule has 2 amide bonds. The summed E-state index contributed by atoms with van der Waals surface area (Å²) in [6.45, 7) is 0.451. The number of sulfone groups is 1. The van der Waals surface area contributed by atoms with Crippen LogP contribution in [0.1, 0.15) is 16.8 Å². The Morgan fingerprint density at radius 1 is 1.13 bits per heavy atom. The molecule has 23 heavy (non-hydrogen) atoms. The van der Waals surface area contributed by atoms with Crippen LogP contribution in [-0.4, -0.2) is 44.8 Å². The highest BCUT2D eigenvalue weighted by molar-refractivity contribution is 7.91. The zero-order valence-electron chi connectivity index (χ0n) is 12.1. The molecule has 0 aromatic heterocycles. The van der Waals surface area contributed by atoms with Crippen molar-refractivity contribution in [2.75, 3.05) is 24.6 Å². The molecule has 0 spiro atoms. The van der Waals surface area contributed by atoms with Crippen molar-refractivity contribution in [2.45, 2.75) is 6.42 Å². The van der Waals surface area contributed by atoms with Crippen LogP contribution in [0.3, 0.4) is 0 Å². The topological polar surface area (TPSA) is 92.3 Å². The van der Waals surface area contributed by atoms with Crippen LogP contribution in [0.15, 0.2) is 18.2 Å². The van der Waals surface area contributed by atoms with Gasteiger partial charge in [0, 0.05) is 18.7 Å². The van der Waals surface area contributed by atoms with Gasteiger partial charge in [-0.1, -0.05) is 23.2 Å². The number of hydrogen-bond donors (Lipinski definition) is 2. The van der Waals surface area contributed by atoms with Gasteiger partial charge >= 0.3 is 0 Å². The summed E-state index contributed by atoms with van der Waals surface area (Å²) >= 11 is 11.6. The summed E-state index contributed by atoms with van der Waals surface area (Å²) in [6, 6.07) is 4.54. The van der Waals surface area contributed by atoms with Gasteiger partial charge in [0.2, 0.25) is 5.91 Å². The van der Waals surface area contributed by atoms with Gasteiger partial charge in [-0.05, 0) is 24.6 Å². The molecule has 1 aromatic carbocycles. The first-order chi connectivity index (χ1) is 10.8. The zero-order valence-corrected chi connectivity index (χ0v) is 14.5. The normalized spacial score (nSPS) is 19.3. The van der Waals surface area contributed by atoms with Crippen molar-refractivity contribution in [3.63, 3.8) is 0 Å². The van der Waals surface area contributed by atoms with Crippen molar-refractivity contribution < 1.29 is 18.0 Å². The Kier molecular flexibility index (Phi) is 5.89. The second-order valence-electron chi connectivity index (χ2n) is 5.28. The van der Waals surface area contributed by atoms with Crippen molar-refractivity contribution in [2.24, 2.45) is 5.92 Å². The molecule has 2 N–H and O–H groups in total. The van der Waals surface area contributed by atoms with E-state index >= 15 is 0 Å². The lowest BCUT2D eigenvalue weighted by atomic mass is 10.1. The minimum Gasteiger partial charge on any atom is -0.354 e. The van der Waals surface area contributed by atoms with Crippen LogP contribution in [0, 0.1) is 5.92 Å². The van der Waals surface area contributed by atoms with Gasteiger partial charge in [0.15, 0.2) is 9.84 Å². The molecule has 6 nitrogen and oxygen atoms in total. The molecule has 0 bridgehead atoms. The van der Waals surface area contributed by atoms with Crippen LogP contribution in [0.25, 0.3) is 0 Å². The van der Waals surface area contributed by atoms with Crippen molar-refractivity contribution in [3.05, 3.63) is 33.8 Å². The highest BCUT2D eigenvalue weighted by atomic mass is 35.5. The Bertz CT molecular complexity index is 721. The van der Waals surface area contributed by atoms with E-state index in [0.29, 0.717) is 17.0 Å². The number of carbonyl (C=O) groups excluding carboxylic acids is 2. The monoisotopic (exact) mass is 378 g/mol. The first-order valence-corrected chi connectivity index (χ1v) is 9.57. The van der Waals surface area contributed by atoms with Crippen molar-refractivity contribution >= 4 is 44.9 Å². The number of rotatable bonds is 5. The summed E-state index contributed by atoms with van der Waals surface area (Å²) in [4.78, 5) is 23.7. The van der Waals surface area contributed by atoms with Crippen molar-refractivity contribution in [1.82, 2.24) is 10.6 Å². The molecular formula is C14H16Cl2N2O4S. The SMILES string of the molecule is O=C(NCCNC(=O)[C@@H]1CCS(=O)(=O)C1)c1ccc(Cl)c(Cl)c1. The fraction of sp³-hybridized carbons (Fsp3) is 0.429. The molecule has 0 radical (unpaired) electrons. The summed E-state index contributed by atoms with van der Waals surface area (Å²) in [5, 5.41) is 5.91. The first kappa shape index (κ1) is 18.0. The molecule has 0 unspecified atom stereocenters. The lowest BCUT2D eigenvalue weighted by Crippen LogP contribution is -2.37. The van der Waals surface area contributed by atoms with E-state index in [4.69, 9.17) is 23.2 Å². The number of benzene rings is 1. The van der Waals surface area contributed by atoms with Gasteiger partial charge < -0.3 is 10.6 Å². The van der Waals surface area contributed by atoms with Gasteiger partial charge in [0.25, 0.3) is 5.91 Å². The number of amides is 2. The molecular weight excluding hydrogens is 363 g/mol. The fourth-order valence-electron chi connectivity index (χ4n) is 2.25. The highest BCUT2D eigenvalue weighted by Crippen LogP contribution is 2.22. The van der Waals surface area contributed by atoms with Gasteiger partial charge in [-0.15, -0.1) is 0 Å². The van der Waals surface area contributed by atoms with Crippen LogP contribution in [0.2, 0.25) is 10.0 Å². The number of carbonyl (C=O) groups is 2. The molecule has 2 rings (SSSR count). The van der Waals surface area contributed by atoms with Gasteiger partial charge in [0.1, 0.15) is 0 Å². The Labute approximate surface area is 144 Å². The summed E-state index contributed by atoms with van der Waals surface area (Å²) in [7, 11) is -3.08. The minimum atomic E-state index is -3.08. The summed E-state index contributed by atoms with van der Waals surface area (Å²) in [6.07, 6.45) is 0.351. The third-order valence-electron chi connectivity index (χ3n) is 3.49. The number of halogens is 2. The second kappa shape index (κ2) is 7.51. The number of nitrogens with one attached hydrogen (secondary N) is 2. The van der Waals surface area contributed by atoms with Crippen LogP contribution >= 0.6 is 23.2 Å². The molecule has 1 fully saturated rings. The summed E-state index contributed by atoms with van der Waals surface area (Å²) < 4.78 is 22.6. The van der Waals surface area contributed by atoms with Gasteiger partial charge in [-0.25, -0.2) is 8.42 Å². The number of hydrogen-bond acceptors (Lipinski definition) is 4. The second-order valence-corrected chi connectivity index (χ2v) is 8.32. The standard InChI is InChI=1S/C14H16Cl2N2O4S/c15-11-2-1-9(7-12(11)16)13(19)17-4-5-18-14(20)10-3-6-23(21,22)8-10/h1-2,7,10H,3-6,8H2,(H,17,19)(H,18,20)/t10-/m1/s1. The Hall–Kier alpha value is -1.31. The molecule has 1 atom stereocenters. The van der Waals surface area contributed by atoms with Crippen LogP contribution in [0.5, 0.6) is 0 Å². The predicted molar refractivity (Wildman–Crippen MR) is 88.6 cm³/mol. The predicted octanol–water partition coefficient (Wildman–Crippen LogP) is 1.27. The van der Waals surface area contributed by atoms with E-state index in [-0.39, 0.29) is 41.4 Å². The largest absolute Gasteiger partial charge is 0.354 e. The summed E-state index contributed by atoms with van der Waals surface area (Å²) in [5.41, 5.74) is 0.368. The van der Waals surface area contributed by atoms with E-state index in [0.717, 1.165) is 0 Å². The Morgan fingerprint density at radius 3 is 2.43 bits per heavy atom. The van der Waals surface area contributed by atoms with Crippen LogP contribution in [0.4, 0.5) is 0 Å². The lowest BCUT2D eigenvalue weighted by Gasteiger charge is -2.10. The first-order valence-electron chi connectivity index (χ1n) is 7.00. The smallest absolute Gasteiger partial charge is 0.251 e. The minimum absolute atomic E-state index is 0.0547. The molecule has 1 aliphatic heterocycles. The Balaban J connectivity index is 1.73. The van der Waals surface area contributed by atoms with E-state index in [1.165, 1.54) is 12.1 Å². The van der Waals surface area contributed by atoms with E-state index < -0.39 is 15.8 Å². The third kappa shape index (κ3) is 5.09. The fourth-order valence-corrected chi connectivity index (χ4v) is 4.29. The van der Waals surface area contributed by atoms with Crippen LogP contribution < -0.4 is 10.6 Å². The van der Waals surface area contributed by atoms with Gasteiger partial charge in [0.05, 0.1) is 27.5 Å². The van der Waals surface area contributed by atoms with Gasteiger partial charge in [-0.2, -0.15) is 0 Å². The molecule has 0 aliphatic carbocycles. The third-order valence-corrected chi connectivity index (χ3v) is 6.00. The highest BCUT2D eigenvalue weighted by Gasteiger charge is 2.32. The zero-order chi connectivity index (χ0) is 17.0.